The van der Waals surface area contributed by atoms with Gasteiger partial charge in [0.2, 0.25) is 5.91 Å². The lowest BCUT2D eigenvalue weighted by molar-refractivity contribution is -0.119. The average Bonchev–Trinajstić information content (AvgIpc) is 2.84. The minimum Gasteiger partial charge on any atom is -0.379 e. The monoisotopic (exact) mass is 507 g/mol. The van der Waals surface area contributed by atoms with Gasteiger partial charge in [0.05, 0.1) is 19.1 Å². The van der Waals surface area contributed by atoms with Crippen molar-refractivity contribution in [2.24, 2.45) is 5.92 Å². The van der Waals surface area contributed by atoms with E-state index in [1.165, 1.54) is 6.92 Å². The Hall–Kier alpha value is -2.39. The summed E-state index contributed by atoms with van der Waals surface area (Å²) >= 11 is 1.15. The van der Waals surface area contributed by atoms with E-state index < -0.39 is 0 Å². The first kappa shape index (κ1) is 29.6. The Morgan fingerprint density at radius 2 is 1.76 bits per heavy atom. The first-order valence-electron chi connectivity index (χ1n) is 11.1. The number of morpholine rings is 1. The molecule has 1 saturated heterocycles. The zero-order valence-electron chi connectivity index (χ0n) is 19.7. The van der Waals surface area contributed by atoms with Crippen LogP contribution in [0.4, 0.5) is 5.69 Å². The highest BCUT2D eigenvalue weighted by atomic mass is 35.5. The number of hydrogen-bond donors (Lipinski definition) is 3. The molecule has 1 fully saturated rings. The number of amides is 2. The molecule has 1 aliphatic rings. The Labute approximate surface area is 212 Å². The van der Waals surface area contributed by atoms with Gasteiger partial charge < -0.3 is 20.7 Å². The summed E-state index contributed by atoms with van der Waals surface area (Å²) in [6.45, 7) is 7.72. The van der Waals surface area contributed by atoms with Crippen LogP contribution in [0.15, 0.2) is 54.6 Å². The van der Waals surface area contributed by atoms with Gasteiger partial charge in [-0.3, -0.25) is 14.4 Å². The summed E-state index contributed by atoms with van der Waals surface area (Å²) < 4.78 is 5.01. The molecule has 7 nitrogen and oxygen atoms in total. The van der Waals surface area contributed by atoms with Crippen LogP contribution < -0.4 is 16.0 Å². The molecular weight excluding hydrogens is 474 g/mol. The fraction of sp³-hybridized carbons (Fsp3) is 0.400. The second-order valence-corrected chi connectivity index (χ2v) is 8.68. The third-order valence-electron chi connectivity index (χ3n) is 4.76. The van der Waals surface area contributed by atoms with Crippen LogP contribution in [0.3, 0.4) is 0 Å². The molecule has 9 heteroatoms. The quantitative estimate of drug-likeness (QED) is 0.505. The Balaban J connectivity index is 0.000000716. The molecule has 0 aromatic heterocycles. The van der Waals surface area contributed by atoms with Gasteiger partial charge >= 0.3 is 0 Å². The second-order valence-electron chi connectivity index (χ2n) is 7.48. The van der Waals surface area contributed by atoms with Gasteiger partial charge in [0.1, 0.15) is 0 Å². The summed E-state index contributed by atoms with van der Waals surface area (Å²) in [7, 11) is 0. The van der Waals surface area contributed by atoms with Crippen molar-refractivity contribution in [3.8, 4) is 0 Å². The minimum absolute atomic E-state index is 0. The van der Waals surface area contributed by atoms with Crippen LogP contribution in [0, 0.1) is 5.92 Å². The van der Waals surface area contributed by atoms with Crippen molar-refractivity contribution in [2.75, 3.05) is 43.9 Å². The molecular formula is C25H34ClN3O4S. The summed E-state index contributed by atoms with van der Waals surface area (Å²) in [5.41, 5.74) is 2.10. The second kappa shape index (κ2) is 17.1. The Morgan fingerprint density at radius 1 is 1.06 bits per heavy atom. The van der Waals surface area contributed by atoms with Crippen LogP contribution in [0.25, 0.3) is 0 Å². The van der Waals surface area contributed by atoms with E-state index in [-0.39, 0.29) is 35.3 Å². The van der Waals surface area contributed by atoms with Crippen molar-refractivity contribution in [2.45, 2.75) is 20.3 Å². The Morgan fingerprint density at radius 3 is 2.32 bits per heavy atom. The number of halogens is 1. The first-order valence-corrected chi connectivity index (χ1v) is 12.1. The van der Waals surface area contributed by atoms with Gasteiger partial charge in [0.15, 0.2) is 5.12 Å². The maximum atomic E-state index is 12.8. The normalized spacial score (nSPS) is 13.4. The summed E-state index contributed by atoms with van der Waals surface area (Å²) in [4.78, 5) is 36.1. The van der Waals surface area contributed by atoms with E-state index in [1.54, 1.807) is 24.3 Å². The summed E-state index contributed by atoms with van der Waals surface area (Å²) in [5.74, 6) is -0.289. The lowest BCUT2D eigenvalue weighted by Crippen LogP contribution is -2.30. The largest absolute Gasteiger partial charge is 0.379 e. The van der Waals surface area contributed by atoms with E-state index in [2.05, 4.69) is 16.0 Å². The number of nitrogens with one attached hydrogen (secondary N) is 3. The number of hydrogen-bond acceptors (Lipinski definition) is 6. The molecule has 2 amide bonds. The van der Waals surface area contributed by atoms with Crippen LogP contribution in [0.1, 0.15) is 29.8 Å². The molecule has 0 radical (unpaired) electrons. The molecule has 0 aliphatic carbocycles. The van der Waals surface area contributed by atoms with E-state index in [0.29, 0.717) is 30.0 Å². The third-order valence-corrected chi connectivity index (χ3v) is 5.74. The Bertz CT molecular complexity index is 883. The van der Waals surface area contributed by atoms with Crippen LogP contribution in [0.2, 0.25) is 0 Å². The number of thioether (sulfide) groups is 1. The standard InChI is InChI=1S/C21H24N2O3S.C4H9NO.ClH/c1-3-22-20(25)17-10-7-11-19(13-17)23-21(26)18(14-27-15(2)24)12-16-8-5-4-6-9-16;1-3-6-4-2-5-1;/h4-11,13,18H,3,12,14H2,1-2H3,(H,22,25)(H,23,26);5H,1-4H2;1H. The number of rotatable bonds is 8. The lowest BCUT2D eigenvalue weighted by atomic mass is 10.00. The van der Waals surface area contributed by atoms with E-state index in [9.17, 15) is 14.4 Å². The number of anilines is 1. The summed E-state index contributed by atoms with van der Waals surface area (Å²) in [6.07, 6.45) is 0.545. The molecule has 0 spiro atoms. The van der Waals surface area contributed by atoms with Gasteiger partial charge in [-0.1, -0.05) is 48.2 Å². The SMILES string of the molecule is C1COCCN1.CCNC(=O)c1cccc(NC(=O)C(CSC(C)=O)Cc2ccccc2)c1.Cl. The van der Waals surface area contributed by atoms with Crippen molar-refractivity contribution in [1.82, 2.24) is 10.6 Å². The molecule has 0 bridgehead atoms. The molecule has 2 aromatic carbocycles. The van der Waals surface area contributed by atoms with E-state index in [0.717, 1.165) is 43.6 Å². The van der Waals surface area contributed by atoms with Crippen molar-refractivity contribution >= 4 is 46.8 Å². The van der Waals surface area contributed by atoms with E-state index >= 15 is 0 Å². The molecule has 2 aromatic rings. The molecule has 1 aliphatic heterocycles. The number of carbonyl (C=O) groups excluding carboxylic acids is 3. The average molecular weight is 508 g/mol. The van der Waals surface area contributed by atoms with Gasteiger partial charge in [-0.05, 0) is 37.1 Å². The molecule has 3 N–H and O–H groups in total. The topological polar surface area (TPSA) is 96.5 Å². The van der Waals surface area contributed by atoms with Gasteiger partial charge in [-0.15, -0.1) is 12.4 Å². The van der Waals surface area contributed by atoms with Crippen LogP contribution >= 0.6 is 24.2 Å². The van der Waals surface area contributed by atoms with Crippen LogP contribution in [-0.2, 0) is 20.7 Å². The minimum atomic E-state index is -0.352. The third kappa shape index (κ3) is 11.7. The van der Waals surface area contributed by atoms with Crippen molar-refractivity contribution in [3.05, 3.63) is 65.7 Å². The highest BCUT2D eigenvalue weighted by molar-refractivity contribution is 8.13. The molecule has 0 saturated carbocycles. The maximum Gasteiger partial charge on any atom is 0.251 e. The van der Waals surface area contributed by atoms with E-state index in [4.69, 9.17) is 4.74 Å². The molecule has 1 heterocycles. The number of carbonyl (C=O) groups is 3. The highest BCUT2D eigenvalue weighted by Gasteiger charge is 2.20. The first-order chi connectivity index (χ1) is 16.0. The molecule has 186 valence electrons. The molecule has 1 unspecified atom stereocenters. The summed E-state index contributed by atoms with van der Waals surface area (Å²) in [6, 6.07) is 16.6. The fourth-order valence-electron chi connectivity index (χ4n) is 3.10. The predicted octanol–water partition coefficient (Wildman–Crippen LogP) is 3.54. The van der Waals surface area contributed by atoms with Crippen molar-refractivity contribution in [3.63, 3.8) is 0 Å². The van der Waals surface area contributed by atoms with Gasteiger partial charge in [-0.2, -0.15) is 0 Å². The fourth-order valence-corrected chi connectivity index (χ4v) is 3.81. The highest BCUT2D eigenvalue weighted by Crippen LogP contribution is 2.19. The number of ether oxygens (including phenoxy) is 1. The lowest BCUT2D eigenvalue weighted by Gasteiger charge is -2.16. The van der Waals surface area contributed by atoms with Gasteiger partial charge in [-0.25, -0.2) is 0 Å². The van der Waals surface area contributed by atoms with Crippen LogP contribution in [0.5, 0.6) is 0 Å². The van der Waals surface area contributed by atoms with Gasteiger partial charge in [0.25, 0.3) is 5.91 Å². The zero-order valence-corrected chi connectivity index (χ0v) is 21.3. The van der Waals surface area contributed by atoms with E-state index in [1.807, 2.05) is 37.3 Å². The predicted molar refractivity (Wildman–Crippen MR) is 141 cm³/mol. The maximum absolute atomic E-state index is 12.8. The van der Waals surface area contributed by atoms with Crippen LogP contribution in [-0.4, -0.2) is 55.5 Å². The molecule has 3 rings (SSSR count). The van der Waals surface area contributed by atoms with Gasteiger partial charge in [0, 0.05) is 43.6 Å². The molecule has 1 atom stereocenters. The Kier molecular flexibility index (Phi) is 14.9. The summed E-state index contributed by atoms with van der Waals surface area (Å²) in [5, 5.41) is 8.76. The number of benzene rings is 2. The molecule has 34 heavy (non-hydrogen) atoms. The van der Waals surface area contributed by atoms with Crippen molar-refractivity contribution < 1.29 is 19.1 Å². The van der Waals surface area contributed by atoms with Crippen molar-refractivity contribution in [1.29, 1.82) is 0 Å². The zero-order chi connectivity index (χ0) is 23.9. The smallest absolute Gasteiger partial charge is 0.251 e.